The minimum Gasteiger partial charge on any atom is -0.493 e. The van der Waals surface area contributed by atoms with Crippen molar-refractivity contribution in [1.82, 2.24) is 24.3 Å². The van der Waals surface area contributed by atoms with Gasteiger partial charge in [0.15, 0.2) is 5.65 Å². The van der Waals surface area contributed by atoms with E-state index in [9.17, 15) is 0 Å². The van der Waals surface area contributed by atoms with Gasteiger partial charge in [-0.1, -0.05) is 26.7 Å². The van der Waals surface area contributed by atoms with Gasteiger partial charge in [0, 0.05) is 24.2 Å². The van der Waals surface area contributed by atoms with Gasteiger partial charge in [-0.3, -0.25) is 4.40 Å². The maximum absolute atomic E-state index is 6.21. The van der Waals surface area contributed by atoms with Crippen LogP contribution < -0.4 is 15.2 Å². The van der Waals surface area contributed by atoms with E-state index < -0.39 is 0 Å². The third-order valence-corrected chi connectivity index (χ3v) is 4.89. The van der Waals surface area contributed by atoms with E-state index >= 15 is 0 Å². The highest BCUT2D eigenvalue weighted by Crippen LogP contribution is 2.39. The van der Waals surface area contributed by atoms with Crippen molar-refractivity contribution in [3.8, 4) is 23.0 Å². The summed E-state index contributed by atoms with van der Waals surface area (Å²) in [6.07, 6.45) is 9.14. The van der Waals surface area contributed by atoms with Gasteiger partial charge in [0.25, 0.3) is 0 Å². The molecule has 2 N–H and O–H groups in total. The molecule has 4 aromatic rings. The van der Waals surface area contributed by atoms with Crippen LogP contribution in [0, 0.1) is 0 Å². The molecule has 0 atom stereocenters. The lowest BCUT2D eigenvalue weighted by Gasteiger charge is -2.09. The van der Waals surface area contributed by atoms with Crippen molar-refractivity contribution in [3.05, 3.63) is 36.8 Å². The Morgan fingerprint density at radius 2 is 1.63 bits per heavy atom. The summed E-state index contributed by atoms with van der Waals surface area (Å²) in [5, 5.41) is 0.853. The number of hydrogen-bond acceptors (Lipinski definition) is 7. The zero-order valence-electron chi connectivity index (χ0n) is 17.3. The highest BCUT2D eigenvalue weighted by Gasteiger charge is 2.21. The summed E-state index contributed by atoms with van der Waals surface area (Å²) in [6.45, 7) is 5.47. The lowest BCUT2D eigenvalue weighted by molar-refractivity contribution is 0.285. The van der Waals surface area contributed by atoms with E-state index in [1.54, 1.807) is 18.6 Å². The van der Waals surface area contributed by atoms with Gasteiger partial charge in [-0.15, -0.1) is 0 Å². The third kappa shape index (κ3) is 3.72. The van der Waals surface area contributed by atoms with E-state index in [2.05, 4.69) is 33.8 Å². The number of hydrogen-bond donors (Lipinski definition) is 1. The smallest absolute Gasteiger partial charge is 0.316 e. The second kappa shape index (κ2) is 8.94. The van der Waals surface area contributed by atoms with Gasteiger partial charge in [-0.25, -0.2) is 15.0 Å². The summed E-state index contributed by atoms with van der Waals surface area (Å²) < 4.78 is 13.7. The Labute approximate surface area is 175 Å². The Kier molecular flexibility index (Phi) is 5.92. The van der Waals surface area contributed by atoms with Crippen molar-refractivity contribution in [2.45, 2.75) is 39.5 Å². The molecule has 0 saturated heterocycles. The van der Waals surface area contributed by atoms with Crippen LogP contribution in [0.5, 0.6) is 11.8 Å². The van der Waals surface area contributed by atoms with Gasteiger partial charge in [0.1, 0.15) is 5.75 Å². The second-order valence-electron chi connectivity index (χ2n) is 7.03. The first-order chi connectivity index (χ1) is 14.7. The van der Waals surface area contributed by atoms with Gasteiger partial charge in [-0.05, 0) is 31.0 Å². The molecule has 8 heteroatoms. The highest BCUT2D eigenvalue weighted by atomic mass is 16.5. The zero-order chi connectivity index (χ0) is 20.9. The van der Waals surface area contributed by atoms with Crippen molar-refractivity contribution >= 4 is 22.5 Å². The number of fused-ring (bicyclic) bond motifs is 3. The van der Waals surface area contributed by atoms with Crippen LogP contribution in [0.2, 0.25) is 0 Å². The number of nitrogens with zero attached hydrogens (tertiary/aromatic N) is 5. The zero-order valence-corrected chi connectivity index (χ0v) is 17.3. The Hall–Kier alpha value is -3.42. The number of pyridine rings is 1. The molecule has 4 rings (SSSR count). The maximum atomic E-state index is 6.21. The molecule has 0 aromatic carbocycles. The fourth-order valence-electron chi connectivity index (χ4n) is 3.39. The normalized spacial score (nSPS) is 11.3. The number of anilines is 1. The molecule has 0 amide bonds. The summed E-state index contributed by atoms with van der Waals surface area (Å²) >= 11 is 0. The Bertz CT molecular complexity index is 1160. The monoisotopic (exact) mass is 406 g/mol. The molecule has 0 aliphatic carbocycles. The largest absolute Gasteiger partial charge is 0.493 e. The van der Waals surface area contributed by atoms with Gasteiger partial charge < -0.3 is 15.2 Å². The molecule has 0 radical (unpaired) electrons. The van der Waals surface area contributed by atoms with Crippen LogP contribution in [0.15, 0.2) is 36.8 Å². The average Bonchev–Trinajstić information content (AvgIpc) is 3.11. The number of nitrogen functional groups attached to an aromatic ring is 1. The minimum absolute atomic E-state index is 0.354. The molecular formula is C22H26N6O2. The van der Waals surface area contributed by atoms with E-state index in [0.29, 0.717) is 30.8 Å². The van der Waals surface area contributed by atoms with Crippen molar-refractivity contribution in [2.75, 3.05) is 18.9 Å². The Morgan fingerprint density at radius 3 is 2.43 bits per heavy atom. The van der Waals surface area contributed by atoms with Crippen LogP contribution in [-0.2, 0) is 0 Å². The summed E-state index contributed by atoms with van der Waals surface area (Å²) in [5.74, 6) is 1.11. The van der Waals surface area contributed by atoms with E-state index in [0.717, 1.165) is 53.6 Å². The average molecular weight is 406 g/mol. The van der Waals surface area contributed by atoms with E-state index in [4.69, 9.17) is 15.2 Å². The summed E-state index contributed by atoms with van der Waals surface area (Å²) in [7, 11) is 0. The molecule has 0 saturated carbocycles. The van der Waals surface area contributed by atoms with Gasteiger partial charge >= 0.3 is 6.01 Å². The molecular weight excluding hydrogens is 380 g/mol. The first-order valence-corrected chi connectivity index (χ1v) is 10.4. The number of rotatable bonds is 9. The molecule has 0 unspecified atom stereocenters. The van der Waals surface area contributed by atoms with Crippen LogP contribution >= 0.6 is 0 Å². The molecule has 0 aliphatic rings. The molecule has 156 valence electrons. The highest BCUT2D eigenvalue weighted by molar-refractivity contribution is 6.07. The first-order valence-electron chi connectivity index (χ1n) is 10.4. The Morgan fingerprint density at radius 1 is 0.900 bits per heavy atom. The molecule has 4 heterocycles. The van der Waals surface area contributed by atoms with E-state index in [1.807, 2.05) is 22.6 Å². The minimum atomic E-state index is 0.354. The molecule has 0 bridgehead atoms. The predicted octanol–water partition coefficient (Wildman–Crippen LogP) is 4.28. The summed E-state index contributed by atoms with van der Waals surface area (Å²) in [5.41, 5.74) is 9.35. The summed E-state index contributed by atoms with van der Waals surface area (Å²) in [6, 6.07) is 6.00. The fraction of sp³-hybridized carbons (Fsp3) is 0.364. The van der Waals surface area contributed by atoms with Gasteiger partial charge in [-0.2, -0.15) is 4.98 Å². The number of ether oxygens (including phenoxy) is 2. The second-order valence-corrected chi connectivity index (χ2v) is 7.03. The number of unbranched alkanes of at least 4 members (excludes halogenated alkanes) is 2. The molecule has 8 nitrogen and oxygen atoms in total. The molecule has 4 aromatic heterocycles. The predicted molar refractivity (Wildman–Crippen MR) is 117 cm³/mol. The fourth-order valence-corrected chi connectivity index (χ4v) is 3.39. The standard InChI is InChI=1S/C22H26N6O2/c1-3-5-13-29-17-9-12-24-20-19(17)18(16-8-11-25-21(23)28(16)20)15-7-10-26-22(27-15)30-14-6-4-2/h7-12H,3-6,13-14H2,1-2H3,(H2,23,25). The van der Waals surface area contributed by atoms with Crippen molar-refractivity contribution in [3.63, 3.8) is 0 Å². The quantitative estimate of drug-likeness (QED) is 0.414. The topological polar surface area (TPSA) is 100 Å². The van der Waals surface area contributed by atoms with Gasteiger partial charge in [0.05, 0.1) is 29.8 Å². The van der Waals surface area contributed by atoms with Crippen molar-refractivity contribution in [1.29, 1.82) is 0 Å². The van der Waals surface area contributed by atoms with E-state index in [-0.39, 0.29) is 0 Å². The van der Waals surface area contributed by atoms with Crippen LogP contribution in [0.25, 0.3) is 27.8 Å². The first kappa shape index (κ1) is 19.9. The molecule has 30 heavy (non-hydrogen) atoms. The molecule has 0 aliphatic heterocycles. The summed E-state index contributed by atoms with van der Waals surface area (Å²) in [4.78, 5) is 17.7. The van der Waals surface area contributed by atoms with E-state index in [1.165, 1.54) is 0 Å². The third-order valence-electron chi connectivity index (χ3n) is 4.89. The van der Waals surface area contributed by atoms with Crippen LogP contribution in [0.4, 0.5) is 5.95 Å². The van der Waals surface area contributed by atoms with Crippen molar-refractivity contribution in [2.24, 2.45) is 0 Å². The molecule has 0 fully saturated rings. The van der Waals surface area contributed by atoms with Crippen LogP contribution in [0.3, 0.4) is 0 Å². The van der Waals surface area contributed by atoms with Crippen LogP contribution in [-0.4, -0.2) is 37.6 Å². The van der Waals surface area contributed by atoms with Crippen LogP contribution in [0.1, 0.15) is 39.5 Å². The van der Waals surface area contributed by atoms with Gasteiger partial charge in [0.2, 0.25) is 5.95 Å². The maximum Gasteiger partial charge on any atom is 0.316 e. The Balaban J connectivity index is 1.91. The number of aromatic nitrogens is 5. The molecule has 0 spiro atoms. The SMILES string of the molecule is CCCCOc1nccc(-c2c3c(OCCCC)ccnc3n3c(N)nccc23)n1. The number of nitrogens with two attached hydrogens (primary N) is 1. The lowest BCUT2D eigenvalue weighted by atomic mass is 10.1. The lowest BCUT2D eigenvalue weighted by Crippen LogP contribution is -2.01. The van der Waals surface area contributed by atoms with Crippen molar-refractivity contribution < 1.29 is 9.47 Å².